The molecule has 0 aromatic carbocycles. The maximum Gasteiger partial charge on any atom is 0.254 e. The number of nitrogens with zero attached hydrogens (tertiary/aromatic N) is 2. The third-order valence-electron chi connectivity index (χ3n) is 3.34. The number of pyridine rings is 1. The highest BCUT2D eigenvalue weighted by molar-refractivity contribution is 5.95. The van der Waals surface area contributed by atoms with E-state index < -0.39 is 6.10 Å². The molecule has 0 bridgehead atoms. The zero-order valence-electron chi connectivity index (χ0n) is 11.3. The number of aliphatic hydroxyl groups is 1. The molecule has 3 N–H and O–H groups in total. The topological polar surface area (TPSA) is 79.5 Å². The van der Waals surface area contributed by atoms with Gasteiger partial charge < -0.3 is 15.7 Å². The van der Waals surface area contributed by atoms with Gasteiger partial charge in [0.1, 0.15) is 5.82 Å². The van der Waals surface area contributed by atoms with Crippen molar-refractivity contribution < 1.29 is 9.90 Å². The molecule has 5 nitrogen and oxygen atoms in total. The molecule has 1 aliphatic heterocycles. The van der Waals surface area contributed by atoms with Crippen LogP contribution in [-0.4, -0.2) is 40.1 Å². The van der Waals surface area contributed by atoms with E-state index in [2.05, 4.69) is 11.9 Å². The maximum absolute atomic E-state index is 12.4. The number of carbonyl (C=O) groups excluding carboxylic acids is 1. The van der Waals surface area contributed by atoms with Crippen LogP contribution < -0.4 is 5.73 Å². The number of hydrogen-bond acceptors (Lipinski definition) is 4. The molecule has 1 aliphatic rings. The predicted molar refractivity (Wildman–Crippen MR) is 73.8 cm³/mol. The Labute approximate surface area is 113 Å². The fraction of sp³-hybridized carbons (Fsp3) is 0.571. The Bertz CT molecular complexity index is 462. The number of nitrogen functional groups attached to an aromatic ring is 1. The summed E-state index contributed by atoms with van der Waals surface area (Å²) in [6, 6.07) is 3.42. The van der Waals surface area contributed by atoms with Crippen molar-refractivity contribution in [3.63, 3.8) is 0 Å². The van der Waals surface area contributed by atoms with E-state index in [1.165, 1.54) is 0 Å². The molecule has 1 aromatic rings. The molecule has 1 unspecified atom stereocenters. The first-order valence-corrected chi connectivity index (χ1v) is 6.84. The lowest BCUT2D eigenvalue weighted by atomic mass is 10.1. The van der Waals surface area contributed by atoms with Gasteiger partial charge in [0.15, 0.2) is 0 Å². The summed E-state index contributed by atoms with van der Waals surface area (Å²) in [5, 5.41) is 9.64. The fourth-order valence-corrected chi connectivity index (χ4v) is 2.44. The normalized spacial score (nSPS) is 19.5. The minimum atomic E-state index is -0.410. The van der Waals surface area contributed by atoms with Gasteiger partial charge >= 0.3 is 0 Å². The molecule has 2 heterocycles. The monoisotopic (exact) mass is 263 g/mol. The number of likely N-dealkylation sites (tertiary alicyclic amines) is 1. The van der Waals surface area contributed by atoms with E-state index in [0.717, 1.165) is 31.4 Å². The molecular weight excluding hydrogens is 242 g/mol. The molecule has 0 radical (unpaired) electrons. The average Bonchev–Trinajstić information content (AvgIpc) is 2.37. The number of hydrogen-bond donors (Lipinski definition) is 2. The Hall–Kier alpha value is -1.62. The summed E-state index contributed by atoms with van der Waals surface area (Å²) in [6.45, 7) is 3.17. The van der Waals surface area contributed by atoms with Crippen LogP contribution in [0.5, 0.6) is 0 Å². The largest absolute Gasteiger partial charge is 0.391 e. The van der Waals surface area contributed by atoms with Crippen molar-refractivity contribution in [3.8, 4) is 0 Å². The van der Waals surface area contributed by atoms with Crippen molar-refractivity contribution in [1.82, 2.24) is 9.88 Å². The zero-order valence-corrected chi connectivity index (χ0v) is 11.3. The van der Waals surface area contributed by atoms with Gasteiger partial charge in [-0.3, -0.25) is 4.79 Å². The van der Waals surface area contributed by atoms with E-state index in [-0.39, 0.29) is 5.91 Å². The van der Waals surface area contributed by atoms with E-state index in [1.807, 2.05) is 6.07 Å². The minimum absolute atomic E-state index is 0.0646. The molecule has 1 fully saturated rings. The van der Waals surface area contributed by atoms with Gasteiger partial charge in [-0.25, -0.2) is 4.98 Å². The Balaban J connectivity index is 2.18. The highest BCUT2D eigenvalue weighted by Gasteiger charge is 2.23. The molecule has 5 heteroatoms. The van der Waals surface area contributed by atoms with Crippen molar-refractivity contribution in [1.29, 1.82) is 0 Å². The summed E-state index contributed by atoms with van der Waals surface area (Å²) in [5.41, 5.74) is 7.18. The number of aromatic nitrogens is 1. The van der Waals surface area contributed by atoms with Crippen LogP contribution in [0.3, 0.4) is 0 Å². The highest BCUT2D eigenvalue weighted by Crippen LogP contribution is 2.16. The van der Waals surface area contributed by atoms with E-state index in [0.29, 0.717) is 24.5 Å². The smallest absolute Gasteiger partial charge is 0.254 e. The molecule has 1 atom stereocenters. The number of aliphatic hydroxyl groups excluding tert-OH is 1. The summed E-state index contributed by atoms with van der Waals surface area (Å²) in [7, 11) is 0. The third-order valence-corrected chi connectivity index (χ3v) is 3.34. The van der Waals surface area contributed by atoms with Gasteiger partial charge in [0.2, 0.25) is 0 Å². The maximum atomic E-state index is 12.4. The Morgan fingerprint density at radius 1 is 1.58 bits per heavy atom. The number of rotatable bonds is 3. The van der Waals surface area contributed by atoms with Crippen molar-refractivity contribution in [3.05, 3.63) is 23.4 Å². The van der Waals surface area contributed by atoms with Crippen molar-refractivity contribution in [2.24, 2.45) is 0 Å². The third kappa shape index (κ3) is 3.44. The van der Waals surface area contributed by atoms with Crippen LogP contribution in [0.4, 0.5) is 5.82 Å². The first-order valence-electron chi connectivity index (χ1n) is 6.84. The van der Waals surface area contributed by atoms with Crippen LogP contribution in [0.15, 0.2) is 12.1 Å². The number of carbonyl (C=O) groups is 1. The Kier molecular flexibility index (Phi) is 4.37. The lowest BCUT2D eigenvalue weighted by Gasteiger charge is -2.30. The van der Waals surface area contributed by atoms with Crippen molar-refractivity contribution in [2.45, 2.75) is 38.7 Å². The van der Waals surface area contributed by atoms with Crippen LogP contribution in [0, 0.1) is 0 Å². The summed E-state index contributed by atoms with van der Waals surface area (Å²) in [4.78, 5) is 18.3. The summed E-state index contributed by atoms with van der Waals surface area (Å²) >= 11 is 0. The van der Waals surface area contributed by atoms with Gasteiger partial charge in [-0.1, -0.05) is 13.3 Å². The second kappa shape index (κ2) is 6.02. The SMILES string of the molecule is CCCc1cc(C(=O)N2CCCC(O)C2)cc(N)n1. The molecule has 0 aliphatic carbocycles. The van der Waals surface area contributed by atoms with Crippen LogP contribution in [-0.2, 0) is 6.42 Å². The molecule has 1 amide bonds. The highest BCUT2D eigenvalue weighted by atomic mass is 16.3. The van der Waals surface area contributed by atoms with Gasteiger partial charge in [-0.2, -0.15) is 0 Å². The van der Waals surface area contributed by atoms with Gasteiger partial charge in [0, 0.05) is 24.3 Å². The van der Waals surface area contributed by atoms with Crippen molar-refractivity contribution >= 4 is 11.7 Å². The van der Waals surface area contributed by atoms with E-state index in [4.69, 9.17) is 5.73 Å². The zero-order chi connectivity index (χ0) is 13.8. The lowest BCUT2D eigenvalue weighted by Crippen LogP contribution is -2.42. The van der Waals surface area contributed by atoms with Crippen molar-refractivity contribution in [2.75, 3.05) is 18.8 Å². The molecule has 0 spiro atoms. The molecule has 104 valence electrons. The van der Waals surface area contributed by atoms with E-state index in [1.54, 1.807) is 11.0 Å². The van der Waals surface area contributed by atoms with Gasteiger partial charge in [-0.05, 0) is 31.4 Å². The number of nitrogens with two attached hydrogens (primary N) is 1. The number of piperidine rings is 1. The average molecular weight is 263 g/mol. The molecule has 1 aromatic heterocycles. The quantitative estimate of drug-likeness (QED) is 0.859. The molecule has 0 saturated carbocycles. The fourth-order valence-electron chi connectivity index (χ4n) is 2.44. The van der Waals surface area contributed by atoms with Crippen LogP contribution in [0.1, 0.15) is 42.2 Å². The van der Waals surface area contributed by atoms with Crippen LogP contribution >= 0.6 is 0 Å². The molecular formula is C14H21N3O2. The van der Waals surface area contributed by atoms with Crippen LogP contribution in [0.2, 0.25) is 0 Å². The van der Waals surface area contributed by atoms with E-state index >= 15 is 0 Å². The van der Waals surface area contributed by atoms with Gasteiger partial charge in [0.25, 0.3) is 5.91 Å². The van der Waals surface area contributed by atoms with Gasteiger partial charge in [0.05, 0.1) is 6.10 Å². The number of β-amino-alcohol motifs (C(OH)–C–C–N with tert-alkyl or cyclic N) is 1. The molecule has 2 rings (SSSR count). The first kappa shape index (κ1) is 13.8. The molecule has 1 saturated heterocycles. The van der Waals surface area contributed by atoms with E-state index in [9.17, 15) is 9.90 Å². The first-order chi connectivity index (χ1) is 9.10. The predicted octanol–water partition coefficient (Wildman–Crippen LogP) is 1.21. The second-order valence-corrected chi connectivity index (χ2v) is 5.07. The summed E-state index contributed by atoms with van der Waals surface area (Å²) in [6.07, 6.45) is 2.98. The summed E-state index contributed by atoms with van der Waals surface area (Å²) < 4.78 is 0. The number of aryl methyl sites for hydroxylation is 1. The number of anilines is 1. The minimum Gasteiger partial charge on any atom is -0.391 e. The standard InChI is InChI=1S/C14H21N3O2/c1-2-4-11-7-10(8-13(15)16-11)14(19)17-6-3-5-12(18)9-17/h7-8,12,18H,2-6,9H2,1H3,(H2,15,16). The van der Waals surface area contributed by atoms with Crippen LogP contribution in [0.25, 0.3) is 0 Å². The van der Waals surface area contributed by atoms with Gasteiger partial charge in [-0.15, -0.1) is 0 Å². The molecule has 19 heavy (non-hydrogen) atoms. The Morgan fingerprint density at radius 3 is 3.05 bits per heavy atom. The second-order valence-electron chi connectivity index (χ2n) is 5.07. The number of amides is 1. The Morgan fingerprint density at radius 2 is 2.37 bits per heavy atom. The summed E-state index contributed by atoms with van der Waals surface area (Å²) in [5.74, 6) is 0.317. The lowest BCUT2D eigenvalue weighted by molar-refractivity contribution is 0.0473.